The average Bonchev–Trinajstić information content (AvgIpc) is 2.85. The molecule has 3 rings (SSSR count). The second-order valence-corrected chi connectivity index (χ2v) is 8.65. The SMILES string of the molecule is CCCCCCOc1ccc2c(OCc3ccc(C(=O)OC[C@H](C)CC)cc3)cccc2c1. The third kappa shape index (κ3) is 7.52. The number of carbonyl (C=O) groups excluding carboxylic acids is 1. The Balaban J connectivity index is 1.56. The topological polar surface area (TPSA) is 44.8 Å². The molecule has 4 nitrogen and oxygen atoms in total. The summed E-state index contributed by atoms with van der Waals surface area (Å²) in [4.78, 5) is 12.2. The third-order valence-corrected chi connectivity index (χ3v) is 5.86. The molecular weight excluding hydrogens is 412 g/mol. The molecule has 3 aromatic carbocycles. The molecule has 0 bridgehead atoms. The van der Waals surface area contributed by atoms with Crippen LogP contribution in [0.25, 0.3) is 10.8 Å². The molecule has 0 aromatic heterocycles. The van der Waals surface area contributed by atoms with Gasteiger partial charge in [-0.25, -0.2) is 4.79 Å². The molecule has 0 fully saturated rings. The fourth-order valence-electron chi connectivity index (χ4n) is 3.48. The van der Waals surface area contributed by atoms with Crippen LogP contribution in [0.2, 0.25) is 0 Å². The van der Waals surface area contributed by atoms with Crippen LogP contribution in [0.1, 0.15) is 68.8 Å². The van der Waals surface area contributed by atoms with Crippen molar-refractivity contribution in [2.45, 2.75) is 59.5 Å². The first kappa shape index (κ1) is 24.6. The highest BCUT2D eigenvalue weighted by Gasteiger charge is 2.10. The predicted molar refractivity (Wildman–Crippen MR) is 134 cm³/mol. The number of hydrogen-bond acceptors (Lipinski definition) is 4. The van der Waals surface area contributed by atoms with E-state index in [0.29, 0.717) is 24.7 Å². The van der Waals surface area contributed by atoms with Crippen LogP contribution in [0.15, 0.2) is 60.7 Å². The van der Waals surface area contributed by atoms with Crippen LogP contribution >= 0.6 is 0 Å². The van der Waals surface area contributed by atoms with E-state index >= 15 is 0 Å². The van der Waals surface area contributed by atoms with Gasteiger partial charge < -0.3 is 14.2 Å². The zero-order valence-corrected chi connectivity index (χ0v) is 20.1. The Morgan fingerprint density at radius 1 is 0.909 bits per heavy atom. The molecule has 1 atom stereocenters. The lowest BCUT2D eigenvalue weighted by Crippen LogP contribution is -2.11. The van der Waals surface area contributed by atoms with Gasteiger partial charge in [0.1, 0.15) is 18.1 Å². The summed E-state index contributed by atoms with van der Waals surface area (Å²) in [6.45, 7) is 8.01. The van der Waals surface area contributed by atoms with Crippen LogP contribution in [-0.2, 0) is 11.3 Å². The quantitative estimate of drug-likeness (QED) is 0.200. The minimum atomic E-state index is -0.278. The highest BCUT2D eigenvalue weighted by Crippen LogP contribution is 2.29. The first-order chi connectivity index (χ1) is 16.1. The molecule has 0 N–H and O–H groups in total. The predicted octanol–water partition coefficient (Wildman–Crippen LogP) is 7.58. The number of carbonyl (C=O) groups is 1. The van der Waals surface area contributed by atoms with Crippen LogP contribution in [0.5, 0.6) is 11.5 Å². The Kier molecular flexibility index (Phi) is 9.61. The molecule has 33 heavy (non-hydrogen) atoms. The summed E-state index contributed by atoms with van der Waals surface area (Å²) in [6, 6.07) is 19.6. The van der Waals surface area contributed by atoms with Crippen molar-refractivity contribution in [3.05, 3.63) is 71.8 Å². The molecular formula is C29H36O4. The van der Waals surface area contributed by atoms with Crippen molar-refractivity contribution in [2.24, 2.45) is 5.92 Å². The molecule has 3 aromatic rings. The molecule has 0 saturated heterocycles. The highest BCUT2D eigenvalue weighted by atomic mass is 16.5. The van der Waals surface area contributed by atoms with Gasteiger partial charge >= 0.3 is 5.97 Å². The summed E-state index contributed by atoms with van der Waals surface area (Å²) >= 11 is 0. The van der Waals surface area contributed by atoms with E-state index in [2.05, 4.69) is 39.0 Å². The lowest BCUT2D eigenvalue weighted by Gasteiger charge is -2.12. The summed E-state index contributed by atoms with van der Waals surface area (Å²) in [5.74, 6) is 1.82. The summed E-state index contributed by atoms with van der Waals surface area (Å²) in [5.41, 5.74) is 1.56. The summed E-state index contributed by atoms with van der Waals surface area (Å²) in [6.07, 6.45) is 5.78. The van der Waals surface area contributed by atoms with Crippen LogP contribution in [0, 0.1) is 5.92 Å². The normalized spacial score (nSPS) is 11.8. The Bertz CT molecular complexity index is 1010. The maximum Gasteiger partial charge on any atom is 0.338 e. The molecule has 0 aliphatic carbocycles. The molecule has 4 heteroatoms. The minimum absolute atomic E-state index is 0.278. The van der Waals surface area contributed by atoms with E-state index in [-0.39, 0.29) is 5.97 Å². The fourth-order valence-corrected chi connectivity index (χ4v) is 3.48. The van der Waals surface area contributed by atoms with Gasteiger partial charge in [-0.15, -0.1) is 0 Å². The van der Waals surface area contributed by atoms with E-state index in [1.807, 2.05) is 30.3 Å². The molecule has 0 aliphatic rings. The maximum atomic E-state index is 12.2. The number of hydrogen-bond donors (Lipinski definition) is 0. The number of fused-ring (bicyclic) bond motifs is 1. The van der Waals surface area contributed by atoms with E-state index in [4.69, 9.17) is 14.2 Å². The second kappa shape index (κ2) is 12.9. The van der Waals surface area contributed by atoms with Crippen molar-refractivity contribution in [1.29, 1.82) is 0 Å². The number of esters is 1. The molecule has 0 saturated carbocycles. The number of benzene rings is 3. The standard InChI is InChI=1S/C29H36O4/c1-4-6-7-8-18-31-26-16-17-27-25(19-26)10-9-11-28(27)32-21-23-12-14-24(15-13-23)29(30)33-20-22(3)5-2/h9-17,19,22H,4-8,18,20-21H2,1-3H3/t22-/m1/s1. The first-order valence-electron chi connectivity index (χ1n) is 12.1. The van der Waals surface area contributed by atoms with Gasteiger partial charge in [0, 0.05) is 5.39 Å². The third-order valence-electron chi connectivity index (χ3n) is 5.86. The lowest BCUT2D eigenvalue weighted by atomic mass is 10.1. The van der Waals surface area contributed by atoms with Crippen LogP contribution < -0.4 is 9.47 Å². The zero-order chi connectivity index (χ0) is 23.5. The molecule has 0 aliphatic heterocycles. The second-order valence-electron chi connectivity index (χ2n) is 8.65. The Labute approximate surface area is 197 Å². The molecule has 0 spiro atoms. The first-order valence-corrected chi connectivity index (χ1v) is 12.1. The van der Waals surface area contributed by atoms with Crippen molar-refractivity contribution in [3.63, 3.8) is 0 Å². The summed E-state index contributed by atoms with van der Waals surface area (Å²) in [7, 11) is 0. The number of rotatable bonds is 13. The smallest absolute Gasteiger partial charge is 0.338 e. The van der Waals surface area contributed by atoms with Gasteiger partial charge in [0.15, 0.2) is 0 Å². The van der Waals surface area contributed by atoms with Crippen molar-refractivity contribution in [1.82, 2.24) is 0 Å². The number of ether oxygens (including phenoxy) is 3. The molecule has 0 unspecified atom stereocenters. The van der Waals surface area contributed by atoms with Crippen molar-refractivity contribution in [3.8, 4) is 11.5 Å². The van der Waals surface area contributed by atoms with Gasteiger partial charge in [-0.1, -0.05) is 70.7 Å². The Morgan fingerprint density at radius 2 is 1.73 bits per heavy atom. The Hall–Kier alpha value is -3.01. The van der Waals surface area contributed by atoms with E-state index in [1.54, 1.807) is 12.1 Å². The van der Waals surface area contributed by atoms with Crippen molar-refractivity contribution < 1.29 is 19.0 Å². The summed E-state index contributed by atoms with van der Waals surface area (Å²) < 4.78 is 17.4. The average molecular weight is 449 g/mol. The van der Waals surface area contributed by atoms with Gasteiger partial charge in [-0.2, -0.15) is 0 Å². The monoisotopic (exact) mass is 448 g/mol. The van der Waals surface area contributed by atoms with E-state index in [1.165, 1.54) is 19.3 Å². The Morgan fingerprint density at radius 3 is 2.48 bits per heavy atom. The van der Waals surface area contributed by atoms with E-state index in [9.17, 15) is 4.79 Å². The molecule has 0 heterocycles. The molecule has 0 radical (unpaired) electrons. The van der Waals surface area contributed by atoms with E-state index in [0.717, 1.165) is 47.3 Å². The van der Waals surface area contributed by atoms with Crippen LogP contribution in [0.4, 0.5) is 0 Å². The van der Waals surface area contributed by atoms with Gasteiger partial charge in [-0.05, 0) is 59.7 Å². The molecule has 0 amide bonds. The number of unbranched alkanes of at least 4 members (excludes halogenated alkanes) is 3. The fraction of sp³-hybridized carbons (Fsp3) is 0.414. The summed E-state index contributed by atoms with van der Waals surface area (Å²) in [5, 5.41) is 2.15. The van der Waals surface area contributed by atoms with Crippen molar-refractivity contribution >= 4 is 16.7 Å². The van der Waals surface area contributed by atoms with Gasteiger partial charge in [0.25, 0.3) is 0 Å². The van der Waals surface area contributed by atoms with Gasteiger partial charge in [-0.3, -0.25) is 0 Å². The minimum Gasteiger partial charge on any atom is -0.494 e. The van der Waals surface area contributed by atoms with Crippen LogP contribution in [0.3, 0.4) is 0 Å². The largest absolute Gasteiger partial charge is 0.494 e. The zero-order valence-electron chi connectivity index (χ0n) is 20.1. The highest BCUT2D eigenvalue weighted by molar-refractivity contribution is 5.90. The van der Waals surface area contributed by atoms with E-state index < -0.39 is 0 Å². The molecule has 176 valence electrons. The maximum absolute atomic E-state index is 12.2. The lowest BCUT2D eigenvalue weighted by molar-refractivity contribution is 0.0447. The van der Waals surface area contributed by atoms with Gasteiger partial charge in [0.2, 0.25) is 0 Å². The van der Waals surface area contributed by atoms with Crippen molar-refractivity contribution in [2.75, 3.05) is 13.2 Å². The van der Waals surface area contributed by atoms with Gasteiger partial charge in [0.05, 0.1) is 18.8 Å². The van der Waals surface area contributed by atoms with Crippen LogP contribution in [-0.4, -0.2) is 19.2 Å².